The molecule has 1 unspecified atom stereocenters. The first-order valence-corrected chi connectivity index (χ1v) is 13.6. The second-order valence-electron chi connectivity index (χ2n) is 11.0. The second-order valence-corrected chi connectivity index (χ2v) is 11.0. The molecule has 3 heterocycles. The summed E-state index contributed by atoms with van der Waals surface area (Å²) in [5, 5.41) is 15.6. The Labute approximate surface area is 248 Å². The van der Waals surface area contributed by atoms with Gasteiger partial charge in [0, 0.05) is 17.6 Å². The third-order valence-corrected chi connectivity index (χ3v) is 6.57. The molecule has 0 radical (unpaired) electrons. The van der Waals surface area contributed by atoms with Crippen LogP contribution in [0.3, 0.4) is 0 Å². The van der Waals surface area contributed by atoms with Gasteiger partial charge in [-0.25, -0.2) is 0 Å². The maximum Gasteiger partial charge on any atom is 0.251 e. The van der Waals surface area contributed by atoms with E-state index in [2.05, 4.69) is 20.7 Å². The van der Waals surface area contributed by atoms with Crippen LogP contribution in [0.2, 0.25) is 0 Å². The van der Waals surface area contributed by atoms with Crippen LogP contribution in [0, 0.1) is 6.92 Å². The number of amides is 2. The zero-order chi connectivity index (χ0) is 30.7. The Morgan fingerprint density at radius 3 is 2.49 bits per heavy atom. The van der Waals surface area contributed by atoms with Crippen molar-refractivity contribution < 1.29 is 33.0 Å². The van der Waals surface area contributed by atoms with Crippen LogP contribution in [0.4, 0.5) is 0 Å². The number of fused-ring (bicyclic) bond motifs is 1. The standard InChI is InChI=1S/C30H34N6O7/c1-18-7-10-23(43-18)27(29(38)31-30(2,3)4)35(15-19-8-11-22-25(13-19)42-17-41-22)26(37)16-36-33-28(32-34-36)20-9-12-21(39-5)24(14-20)40-6/h7-14,27H,15-17H2,1-6H3,(H,31,38). The number of hydrogen-bond donors (Lipinski definition) is 1. The topological polar surface area (TPSA) is 143 Å². The predicted molar refractivity (Wildman–Crippen MR) is 154 cm³/mol. The van der Waals surface area contributed by atoms with E-state index in [4.69, 9.17) is 23.4 Å². The fourth-order valence-corrected chi connectivity index (χ4v) is 4.64. The molecule has 1 N–H and O–H groups in total. The van der Waals surface area contributed by atoms with Crippen LogP contribution in [0.5, 0.6) is 23.0 Å². The van der Waals surface area contributed by atoms with Gasteiger partial charge >= 0.3 is 0 Å². The van der Waals surface area contributed by atoms with Gasteiger partial charge in [0.1, 0.15) is 18.1 Å². The molecular weight excluding hydrogens is 556 g/mol. The zero-order valence-corrected chi connectivity index (χ0v) is 24.9. The SMILES string of the molecule is COc1ccc(-c2nnn(CC(=O)N(Cc3ccc4c(c3)OCO4)C(C(=O)NC(C)(C)C)c3ccc(C)o3)n2)cc1OC. The van der Waals surface area contributed by atoms with Crippen molar-refractivity contribution in [3.8, 4) is 34.4 Å². The highest BCUT2D eigenvalue weighted by molar-refractivity contribution is 5.88. The number of furan rings is 1. The van der Waals surface area contributed by atoms with E-state index < -0.39 is 23.4 Å². The van der Waals surface area contributed by atoms with Crippen LogP contribution in [0.15, 0.2) is 52.9 Å². The Morgan fingerprint density at radius 2 is 1.79 bits per heavy atom. The van der Waals surface area contributed by atoms with Crippen molar-refractivity contribution in [3.05, 3.63) is 65.6 Å². The highest BCUT2D eigenvalue weighted by atomic mass is 16.7. The van der Waals surface area contributed by atoms with Crippen LogP contribution in [0.1, 0.15) is 43.9 Å². The number of carbonyl (C=O) groups excluding carboxylic acids is 2. The number of ether oxygens (including phenoxy) is 4. The average Bonchev–Trinajstić information content (AvgIpc) is 3.72. The number of carbonyl (C=O) groups is 2. The Bertz CT molecular complexity index is 1620. The fraction of sp³-hybridized carbons (Fsp3) is 0.367. The Hall–Kier alpha value is -5.07. The quantitative estimate of drug-likeness (QED) is 0.291. The normalized spacial score (nSPS) is 13.0. The lowest BCUT2D eigenvalue weighted by Gasteiger charge is -2.32. The van der Waals surface area contributed by atoms with Gasteiger partial charge in [-0.1, -0.05) is 6.07 Å². The van der Waals surface area contributed by atoms with Crippen molar-refractivity contribution in [1.82, 2.24) is 30.4 Å². The first-order valence-electron chi connectivity index (χ1n) is 13.6. The number of nitrogens with one attached hydrogen (secondary N) is 1. The van der Waals surface area contributed by atoms with E-state index in [1.165, 1.54) is 16.8 Å². The molecule has 1 aliphatic rings. The Morgan fingerprint density at radius 1 is 1.02 bits per heavy atom. The van der Waals surface area contributed by atoms with E-state index in [0.29, 0.717) is 45.9 Å². The molecule has 0 bridgehead atoms. The third kappa shape index (κ3) is 6.71. The summed E-state index contributed by atoms with van der Waals surface area (Å²) in [6, 6.07) is 13.0. The molecular formula is C30H34N6O7. The van der Waals surface area contributed by atoms with E-state index >= 15 is 0 Å². The molecule has 0 saturated carbocycles. The lowest BCUT2D eigenvalue weighted by Crippen LogP contribution is -2.49. The van der Waals surface area contributed by atoms with Crippen molar-refractivity contribution in [1.29, 1.82) is 0 Å². The summed E-state index contributed by atoms with van der Waals surface area (Å²) < 4.78 is 27.6. The number of methoxy groups -OCH3 is 2. The van der Waals surface area contributed by atoms with Gasteiger partial charge in [-0.15, -0.1) is 10.2 Å². The summed E-state index contributed by atoms with van der Waals surface area (Å²) in [4.78, 5) is 30.4. The third-order valence-electron chi connectivity index (χ3n) is 6.57. The van der Waals surface area contributed by atoms with Gasteiger partial charge in [0.15, 0.2) is 29.0 Å². The molecule has 0 saturated heterocycles. The van der Waals surface area contributed by atoms with Crippen molar-refractivity contribution in [3.63, 3.8) is 0 Å². The number of aryl methyl sites for hydroxylation is 1. The van der Waals surface area contributed by atoms with E-state index in [1.54, 1.807) is 56.5 Å². The summed E-state index contributed by atoms with van der Waals surface area (Å²) >= 11 is 0. The lowest BCUT2D eigenvalue weighted by atomic mass is 10.1. The maximum atomic E-state index is 14.1. The minimum Gasteiger partial charge on any atom is -0.493 e. The first kappa shape index (κ1) is 29.4. The molecule has 1 aliphatic heterocycles. The number of nitrogens with zero attached hydrogens (tertiary/aromatic N) is 5. The summed E-state index contributed by atoms with van der Waals surface area (Å²) in [5.41, 5.74) is 0.792. The van der Waals surface area contributed by atoms with Crippen LogP contribution >= 0.6 is 0 Å². The van der Waals surface area contributed by atoms with E-state index in [1.807, 2.05) is 26.8 Å². The molecule has 5 rings (SSSR count). The highest BCUT2D eigenvalue weighted by Gasteiger charge is 2.36. The van der Waals surface area contributed by atoms with Crippen LogP contribution in [0.25, 0.3) is 11.4 Å². The van der Waals surface area contributed by atoms with E-state index in [0.717, 1.165) is 5.56 Å². The van der Waals surface area contributed by atoms with Gasteiger partial charge in [-0.2, -0.15) is 4.80 Å². The summed E-state index contributed by atoms with van der Waals surface area (Å²) in [5.74, 6) is 2.63. The molecule has 43 heavy (non-hydrogen) atoms. The zero-order valence-electron chi connectivity index (χ0n) is 24.9. The second kappa shape index (κ2) is 12.0. The van der Waals surface area contributed by atoms with Crippen molar-refractivity contribution >= 4 is 11.8 Å². The molecule has 2 aromatic carbocycles. The fourth-order valence-electron chi connectivity index (χ4n) is 4.64. The number of rotatable bonds is 10. The molecule has 1 atom stereocenters. The van der Waals surface area contributed by atoms with Gasteiger partial charge in [-0.3, -0.25) is 9.59 Å². The van der Waals surface area contributed by atoms with Crippen molar-refractivity contribution in [2.45, 2.75) is 52.4 Å². The summed E-state index contributed by atoms with van der Waals surface area (Å²) in [7, 11) is 3.08. The van der Waals surface area contributed by atoms with Crippen molar-refractivity contribution in [2.75, 3.05) is 21.0 Å². The molecule has 13 nitrogen and oxygen atoms in total. The van der Waals surface area contributed by atoms with Gasteiger partial charge in [0.2, 0.25) is 18.5 Å². The Kier molecular flexibility index (Phi) is 8.24. The van der Waals surface area contributed by atoms with Gasteiger partial charge < -0.3 is 33.6 Å². The van der Waals surface area contributed by atoms with Crippen molar-refractivity contribution in [2.24, 2.45) is 0 Å². The minimum atomic E-state index is -1.08. The minimum absolute atomic E-state index is 0.0642. The summed E-state index contributed by atoms with van der Waals surface area (Å²) in [6.45, 7) is 7.28. The van der Waals surface area contributed by atoms with Gasteiger partial charge in [-0.05, 0) is 80.9 Å². The van der Waals surface area contributed by atoms with Gasteiger partial charge in [0.25, 0.3) is 5.91 Å². The van der Waals surface area contributed by atoms with E-state index in [9.17, 15) is 9.59 Å². The number of hydrogen-bond acceptors (Lipinski definition) is 10. The largest absolute Gasteiger partial charge is 0.493 e. The smallest absolute Gasteiger partial charge is 0.251 e. The first-order chi connectivity index (χ1) is 20.5. The molecule has 13 heteroatoms. The average molecular weight is 591 g/mol. The molecule has 2 aromatic heterocycles. The Balaban J connectivity index is 1.48. The summed E-state index contributed by atoms with van der Waals surface area (Å²) in [6.07, 6.45) is 0. The molecule has 4 aromatic rings. The van der Waals surface area contributed by atoms with Gasteiger partial charge in [0.05, 0.1) is 14.2 Å². The molecule has 2 amide bonds. The van der Waals surface area contributed by atoms with Crippen LogP contribution in [-0.4, -0.2) is 63.5 Å². The number of aromatic nitrogens is 4. The number of tetrazole rings is 1. The lowest BCUT2D eigenvalue weighted by molar-refractivity contribution is -0.143. The molecule has 226 valence electrons. The van der Waals surface area contributed by atoms with Crippen LogP contribution in [-0.2, 0) is 22.7 Å². The maximum absolute atomic E-state index is 14.1. The molecule has 0 fully saturated rings. The molecule has 0 aliphatic carbocycles. The molecule has 0 spiro atoms. The van der Waals surface area contributed by atoms with Crippen LogP contribution < -0.4 is 24.3 Å². The number of benzene rings is 2. The predicted octanol–water partition coefficient (Wildman–Crippen LogP) is 3.67. The highest BCUT2D eigenvalue weighted by Crippen LogP contribution is 2.34. The monoisotopic (exact) mass is 590 g/mol. The van der Waals surface area contributed by atoms with E-state index in [-0.39, 0.29) is 19.9 Å².